The lowest BCUT2D eigenvalue weighted by Crippen LogP contribution is -2.40. The molecular weight excluding hydrogens is 530 g/mol. The van der Waals surface area contributed by atoms with E-state index in [9.17, 15) is 0 Å². The molecule has 1 aliphatic heterocycles. The lowest BCUT2D eigenvalue weighted by molar-refractivity contribution is 0.0111. The fourth-order valence-electron chi connectivity index (χ4n) is 5.51. The summed E-state index contributed by atoms with van der Waals surface area (Å²) >= 11 is 0. The number of aromatic amines is 1. The number of nitrogens with zero attached hydrogens (tertiary/aromatic N) is 1. The summed E-state index contributed by atoms with van der Waals surface area (Å²) in [5, 5.41) is 3.51. The molecule has 0 radical (unpaired) electrons. The maximum atomic E-state index is 6.54. The Morgan fingerprint density at radius 1 is 0.857 bits per heavy atom. The van der Waals surface area contributed by atoms with Gasteiger partial charge in [-0.1, -0.05) is 42.5 Å². The Morgan fingerprint density at radius 3 is 2.57 bits per heavy atom. The third-order valence-electron chi connectivity index (χ3n) is 7.75. The molecule has 42 heavy (non-hydrogen) atoms. The van der Waals surface area contributed by atoms with Gasteiger partial charge < -0.3 is 34.0 Å². The molecule has 8 nitrogen and oxygen atoms in total. The molecule has 1 fully saturated rings. The number of methoxy groups -OCH3 is 2. The molecule has 2 N–H and O–H groups in total. The first-order valence-corrected chi connectivity index (χ1v) is 15.0. The molecule has 2 unspecified atom stereocenters. The normalized spacial score (nSPS) is 17.0. The van der Waals surface area contributed by atoms with Crippen molar-refractivity contribution in [3.63, 3.8) is 0 Å². The van der Waals surface area contributed by atoms with E-state index in [0.29, 0.717) is 32.3 Å². The number of imidazole rings is 1. The van der Waals surface area contributed by atoms with Gasteiger partial charge in [-0.3, -0.25) is 0 Å². The van der Waals surface area contributed by atoms with Gasteiger partial charge in [0.1, 0.15) is 17.3 Å². The van der Waals surface area contributed by atoms with Crippen molar-refractivity contribution in [2.45, 2.75) is 50.9 Å². The van der Waals surface area contributed by atoms with E-state index >= 15 is 0 Å². The fourth-order valence-corrected chi connectivity index (χ4v) is 5.51. The molecule has 8 heteroatoms. The Morgan fingerprint density at radius 2 is 1.71 bits per heavy atom. The maximum Gasteiger partial charge on any atom is 0.124 e. The lowest BCUT2D eigenvalue weighted by Gasteiger charge is -2.32. The lowest BCUT2D eigenvalue weighted by atomic mass is 9.87. The molecular formula is C34H43N3O5. The summed E-state index contributed by atoms with van der Waals surface area (Å²) in [6.07, 6.45) is 3.75. The number of piperidine rings is 1. The summed E-state index contributed by atoms with van der Waals surface area (Å²) < 4.78 is 28.9. The predicted octanol–water partition coefficient (Wildman–Crippen LogP) is 5.80. The van der Waals surface area contributed by atoms with Gasteiger partial charge in [0.25, 0.3) is 0 Å². The van der Waals surface area contributed by atoms with Crippen LogP contribution in [-0.2, 0) is 33.8 Å². The highest BCUT2D eigenvalue weighted by atomic mass is 16.5. The number of hydrogen-bond acceptors (Lipinski definition) is 7. The van der Waals surface area contributed by atoms with Crippen LogP contribution in [-0.4, -0.2) is 63.2 Å². The number of nitrogens with one attached hydrogen (secondary N) is 2. The molecule has 0 amide bonds. The van der Waals surface area contributed by atoms with Crippen molar-refractivity contribution in [1.29, 1.82) is 0 Å². The van der Waals surface area contributed by atoms with Crippen molar-refractivity contribution in [3.8, 4) is 11.5 Å². The van der Waals surface area contributed by atoms with Gasteiger partial charge in [0.05, 0.1) is 50.7 Å². The first kappa shape index (κ1) is 30.0. The zero-order valence-electron chi connectivity index (χ0n) is 24.8. The summed E-state index contributed by atoms with van der Waals surface area (Å²) in [7, 11) is 3.41. The van der Waals surface area contributed by atoms with E-state index in [1.54, 1.807) is 14.2 Å². The smallest absolute Gasteiger partial charge is 0.124 e. The first-order chi connectivity index (χ1) is 20.7. The van der Waals surface area contributed by atoms with Crippen molar-refractivity contribution in [3.05, 3.63) is 89.2 Å². The second-order valence-corrected chi connectivity index (χ2v) is 10.7. The number of aromatic nitrogens is 2. The summed E-state index contributed by atoms with van der Waals surface area (Å²) in [5.74, 6) is 3.05. The molecule has 0 bridgehead atoms. The molecule has 1 saturated heterocycles. The predicted molar refractivity (Wildman–Crippen MR) is 164 cm³/mol. The van der Waals surface area contributed by atoms with Crippen LogP contribution in [0.15, 0.2) is 66.7 Å². The highest BCUT2D eigenvalue weighted by Crippen LogP contribution is 2.30. The number of aryl methyl sites for hydroxylation is 1. The van der Waals surface area contributed by atoms with E-state index in [1.165, 1.54) is 5.56 Å². The van der Waals surface area contributed by atoms with Crippen LogP contribution < -0.4 is 14.8 Å². The van der Waals surface area contributed by atoms with E-state index in [4.69, 9.17) is 28.7 Å². The maximum absolute atomic E-state index is 6.54. The Labute approximate surface area is 248 Å². The molecule has 5 rings (SSSR count). The minimum atomic E-state index is 0.0845. The minimum absolute atomic E-state index is 0.0845. The van der Waals surface area contributed by atoms with Gasteiger partial charge in [0.15, 0.2) is 0 Å². The van der Waals surface area contributed by atoms with Gasteiger partial charge in [-0.2, -0.15) is 0 Å². The standard InChI is InChI=1S/C34H43N3O5/c1-38-19-6-12-33-36-30-10-5-9-27(34(30)37-33)24-42-32-22-35-18-17-29(32)25-13-15-28(16-14-25)41-21-7-20-40-23-26-8-3-4-11-31(26)39-2/h3-5,8-11,13-16,29,32,35H,6-7,12,17-24H2,1-2H3,(H,36,37). The number of benzene rings is 3. The second kappa shape index (κ2) is 15.7. The highest BCUT2D eigenvalue weighted by molar-refractivity contribution is 5.78. The van der Waals surface area contributed by atoms with Crippen LogP contribution in [0.3, 0.4) is 0 Å². The largest absolute Gasteiger partial charge is 0.496 e. The third-order valence-corrected chi connectivity index (χ3v) is 7.75. The SMILES string of the molecule is COCCCc1nc2c(COC3CNCCC3c3ccc(OCCCOCc4ccccc4OC)cc3)cccc2[nH]1. The summed E-state index contributed by atoms with van der Waals surface area (Å²) in [5.41, 5.74) is 5.50. The zero-order valence-corrected chi connectivity index (χ0v) is 24.8. The summed E-state index contributed by atoms with van der Waals surface area (Å²) in [6, 6.07) is 22.7. The van der Waals surface area contributed by atoms with Gasteiger partial charge in [-0.05, 0) is 49.2 Å². The van der Waals surface area contributed by atoms with Gasteiger partial charge >= 0.3 is 0 Å². The number of para-hydroxylation sites is 2. The second-order valence-electron chi connectivity index (χ2n) is 10.7. The number of hydrogen-bond donors (Lipinski definition) is 2. The van der Waals surface area contributed by atoms with Crippen LogP contribution in [0.5, 0.6) is 11.5 Å². The molecule has 0 saturated carbocycles. The monoisotopic (exact) mass is 573 g/mol. The minimum Gasteiger partial charge on any atom is -0.496 e. The van der Waals surface area contributed by atoms with Crippen molar-refractivity contribution >= 4 is 11.0 Å². The Hall–Kier alpha value is -3.43. The van der Waals surface area contributed by atoms with Gasteiger partial charge in [-0.15, -0.1) is 0 Å². The molecule has 3 aromatic carbocycles. The molecule has 2 heterocycles. The summed E-state index contributed by atoms with van der Waals surface area (Å²) in [6.45, 7) is 4.85. The van der Waals surface area contributed by atoms with Gasteiger partial charge in [0, 0.05) is 50.1 Å². The Kier molecular flexibility index (Phi) is 11.2. The molecule has 1 aromatic heterocycles. The molecule has 0 aliphatic carbocycles. The van der Waals surface area contributed by atoms with E-state index in [1.807, 2.05) is 24.3 Å². The van der Waals surface area contributed by atoms with Crippen molar-refractivity contribution in [1.82, 2.24) is 15.3 Å². The van der Waals surface area contributed by atoms with Crippen LogP contribution in [0.2, 0.25) is 0 Å². The molecule has 2 atom stereocenters. The van der Waals surface area contributed by atoms with Crippen LogP contribution in [0.1, 0.15) is 47.7 Å². The molecule has 1 aliphatic rings. The number of ether oxygens (including phenoxy) is 5. The van der Waals surface area contributed by atoms with E-state index in [2.05, 4.69) is 52.8 Å². The fraction of sp³-hybridized carbons (Fsp3) is 0.441. The average Bonchev–Trinajstić information content (AvgIpc) is 3.46. The van der Waals surface area contributed by atoms with Crippen molar-refractivity contribution in [2.24, 2.45) is 0 Å². The van der Waals surface area contributed by atoms with Crippen LogP contribution in [0.4, 0.5) is 0 Å². The van der Waals surface area contributed by atoms with Crippen molar-refractivity contribution in [2.75, 3.05) is 47.1 Å². The number of H-pyrrole nitrogens is 1. The van der Waals surface area contributed by atoms with E-state index in [-0.39, 0.29) is 6.10 Å². The average molecular weight is 574 g/mol. The van der Waals surface area contributed by atoms with Crippen LogP contribution in [0.25, 0.3) is 11.0 Å². The first-order valence-electron chi connectivity index (χ1n) is 15.0. The van der Waals surface area contributed by atoms with E-state index < -0.39 is 0 Å². The Bertz CT molecular complexity index is 1370. The molecule has 224 valence electrons. The molecule has 0 spiro atoms. The number of rotatable bonds is 16. The third kappa shape index (κ3) is 8.10. The topological polar surface area (TPSA) is 86.9 Å². The van der Waals surface area contributed by atoms with Crippen molar-refractivity contribution < 1.29 is 23.7 Å². The van der Waals surface area contributed by atoms with Gasteiger partial charge in [-0.25, -0.2) is 4.98 Å². The van der Waals surface area contributed by atoms with Crippen LogP contribution in [0, 0.1) is 0 Å². The zero-order chi connectivity index (χ0) is 29.0. The van der Waals surface area contributed by atoms with Crippen LogP contribution >= 0.6 is 0 Å². The highest BCUT2D eigenvalue weighted by Gasteiger charge is 2.27. The van der Waals surface area contributed by atoms with E-state index in [0.717, 1.165) is 84.9 Å². The molecule has 4 aromatic rings. The van der Waals surface area contributed by atoms with Gasteiger partial charge in [0.2, 0.25) is 0 Å². The summed E-state index contributed by atoms with van der Waals surface area (Å²) in [4.78, 5) is 8.31. The Balaban J connectivity index is 1.09. The quantitative estimate of drug-likeness (QED) is 0.164. The number of fused-ring (bicyclic) bond motifs is 1.